The van der Waals surface area contributed by atoms with Crippen LogP contribution in [-0.2, 0) is 0 Å². The van der Waals surface area contributed by atoms with Gasteiger partial charge in [-0.1, -0.05) is 30.4 Å². The first-order valence-electron chi connectivity index (χ1n) is 7.44. The van der Waals surface area contributed by atoms with Crippen LogP contribution in [0.2, 0.25) is 0 Å². The maximum Gasteiger partial charge on any atom is 0.0502 e. The molecular formula is C17H29N3. The number of hydrogen-bond donors (Lipinski definition) is 3. The summed E-state index contributed by atoms with van der Waals surface area (Å²) in [5.41, 5.74) is 16.4. The van der Waals surface area contributed by atoms with E-state index >= 15 is 0 Å². The monoisotopic (exact) mass is 275 g/mol. The Hall–Kier alpha value is -1.32. The Morgan fingerprint density at radius 2 is 2.15 bits per heavy atom. The quantitative estimate of drug-likeness (QED) is 0.494. The highest BCUT2D eigenvalue weighted by Crippen LogP contribution is 2.21. The Labute approximate surface area is 123 Å². The van der Waals surface area contributed by atoms with Crippen LogP contribution in [0.1, 0.15) is 40.0 Å². The maximum absolute atomic E-state index is 6.32. The molecule has 2 unspecified atom stereocenters. The van der Waals surface area contributed by atoms with Crippen molar-refractivity contribution < 1.29 is 0 Å². The van der Waals surface area contributed by atoms with Crippen molar-refractivity contribution in [1.29, 1.82) is 0 Å². The minimum Gasteiger partial charge on any atom is -0.327 e. The third-order valence-corrected chi connectivity index (χ3v) is 3.92. The normalized spacial score (nSPS) is 21.6. The lowest BCUT2D eigenvalue weighted by atomic mass is 9.89. The molecule has 0 aromatic rings. The Balaban J connectivity index is 2.61. The van der Waals surface area contributed by atoms with Crippen molar-refractivity contribution in [2.24, 2.45) is 11.7 Å². The number of rotatable bonds is 7. The van der Waals surface area contributed by atoms with E-state index in [-0.39, 0.29) is 6.04 Å². The molecule has 4 N–H and O–H groups in total. The maximum atomic E-state index is 6.32. The molecule has 0 aromatic carbocycles. The summed E-state index contributed by atoms with van der Waals surface area (Å²) in [6.45, 7) is 6.36. The lowest BCUT2D eigenvalue weighted by Gasteiger charge is -2.22. The van der Waals surface area contributed by atoms with Crippen LogP contribution in [0.25, 0.3) is 0 Å². The number of nitrogens with one attached hydrogen (secondary N) is 2. The number of nitrogens with two attached hydrogens (primary N) is 1. The number of allylic oxidation sites excluding steroid dienone is 6. The Morgan fingerprint density at radius 3 is 2.70 bits per heavy atom. The fourth-order valence-electron chi connectivity index (χ4n) is 2.45. The van der Waals surface area contributed by atoms with Crippen molar-refractivity contribution in [3.8, 4) is 0 Å². The van der Waals surface area contributed by atoms with Crippen molar-refractivity contribution in [3.05, 3.63) is 47.2 Å². The second-order valence-electron chi connectivity index (χ2n) is 5.42. The van der Waals surface area contributed by atoms with E-state index in [9.17, 15) is 0 Å². The standard InChI is InChI=1S/C17H29N3/c1-5-13(2)17(20-19-4)14(3)11-12-16(18)15-9-7-6-8-10-15/h5-9,15-16,19-20H,10-12,18H2,1-4H3/b13-5+,17-14-. The molecular weight excluding hydrogens is 246 g/mol. The first-order chi connectivity index (χ1) is 9.60. The summed E-state index contributed by atoms with van der Waals surface area (Å²) >= 11 is 0. The zero-order valence-corrected chi connectivity index (χ0v) is 13.2. The molecule has 0 saturated heterocycles. The van der Waals surface area contributed by atoms with Crippen molar-refractivity contribution in [3.63, 3.8) is 0 Å². The van der Waals surface area contributed by atoms with Crippen molar-refractivity contribution in [2.45, 2.75) is 46.1 Å². The van der Waals surface area contributed by atoms with Crippen LogP contribution >= 0.6 is 0 Å². The van der Waals surface area contributed by atoms with E-state index < -0.39 is 0 Å². The summed E-state index contributed by atoms with van der Waals surface area (Å²) in [6, 6.07) is 0.230. The van der Waals surface area contributed by atoms with E-state index in [2.05, 4.69) is 62.0 Å². The van der Waals surface area contributed by atoms with E-state index in [0.29, 0.717) is 5.92 Å². The minimum atomic E-state index is 0.230. The molecule has 0 radical (unpaired) electrons. The van der Waals surface area contributed by atoms with E-state index in [1.807, 2.05) is 7.05 Å². The molecule has 1 rings (SSSR count). The van der Waals surface area contributed by atoms with E-state index in [0.717, 1.165) is 19.3 Å². The fourth-order valence-corrected chi connectivity index (χ4v) is 2.45. The molecule has 0 fully saturated rings. The van der Waals surface area contributed by atoms with Gasteiger partial charge in [-0.2, -0.15) is 0 Å². The van der Waals surface area contributed by atoms with Crippen molar-refractivity contribution in [1.82, 2.24) is 10.9 Å². The van der Waals surface area contributed by atoms with Crippen LogP contribution in [0.5, 0.6) is 0 Å². The van der Waals surface area contributed by atoms with Gasteiger partial charge in [-0.25, -0.2) is 5.43 Å². The third-order valence-electron chi connectivity index (χ3n) is 3.92. The third kappa shape index (κ3) is 4.99. The highest BCUT2D eigenvalue weighted by molar-refractivity contribution is 5.31. The van der Waals surface area contributed by atoms with Crippen LogP contribution in [0.15, 0.2) is 47.2 Å². The number of hydrogen-bond acceptors (Lipinski definition) is 3. The summed E-state index contributed by atoms with van der Waals surface area (Å²) in [6.07, 6.45) is 13.9. The zero-order chi connectivity index (χ0) is 15.0. The summed E-state index contributed by atoms with van der Waals surface area (Å²) in [7, 11) is 1.89. The molecule has 0 bridgehead atoms. The van der Waals surface area contributed by atoms with Crippen LogP contribution < -0.4 is 16.6 Å². The second kappa shape index (κ2) is 8.77. The minimum absolute atomic E-state index is 0.230. The molecule has 0 aromatic heterocycles. The van der Waals surface area contributed by atoms with Gasteiger partial charge in [0.15, 0.2) is 0 Å². The van der Waals surface area contributed by atoms with Gasteiger partial charge in [-0.15, -0.1) is 0 Å². The molecule has 112 valence electrons. The summed E-state index contributed by atoms with van der Waals surface area (Å²) < 4.78 is 0. The molecule has 0 saturated carbocycles. The molecule has 0 amide bonds. The van der Waals surface area contributed by atoms with Gasteiger partial charge in [0.1, 0.15) is 0 Å². The molecule has 0 spiro atoms. The molecule has 3 nitrogen and oxygen atoms in total. The first-order valence-corrected chi connectivity index (χ1v) is 7.44. The molecule has 3 heteroatoms. The highest BCUT2D eigenvalue weighted by atomic mass is 15.3. The highest BCUT2D eigenvalue weighted by Gasteiger charge is 2.15. The average molecular weight is 275 g/mol. The van der Waals surface area contributed by atoms with Gasteiger partial charge in [-0.3, -0.25) is 0 Å². The van der Waals surface area contributed by atoms with E-state index in [1.54, 1.807) is 0 Å². The summed E-state index contributed by atoms with van der Waals surface area (Å²) in [5.74, 6) is 0.483. The smallest absolute Gasteiger partial charge is 0.0502 e. The molecule has 1 aliphatic rings. The van der Waals surface area contributed by atoms with Gasteiger partial charge in [-0.05, 0) is 57.1 Å². The van der Waals surface area contributed by atoms with Crippen molar-refractivity contribution in [2.75, 3.05) is 7.05 Å². The average Bonchev–Trinajstić information content (AvgIpc) is 2.50. The largest absolute Gasteiger partial charge is 0.327 e. The van der Waals surface area contributed by atoms with Gasteiger partial charge in [0.25, 0.3) is 0 Å². The Kier molecular flexibility index (Phi) is 7.34. The topological polar surface area (TPSA) is 50.1 Å². The lowest BCUT2D eigenvalue weighted by Crippen LogP contribution is -2.30. The SMILES string of the molecule is C/C=C(C)/C(NNC)=C(\C)CCC(N)C1C=CC=CC1. The summed E-state index contributed by atoms with van der Waals surface area (Å²) in [4.78, 5) is 0. The molecule has 20 heavy (non-hydrogen) atoms. The molecule has 0 heterocycles. The van der Waals surface area contributed by atoms with Crippen LogP contribution in [0.4, 0.5) is 0 Å². The Bertz CT molecular complexity index is 416. The number of hydrazine groups is 1. The lowest BCUT2D eigenvalue weighted by molar-refractivity contribution is 0.471. The molecule has 2 atom stereocenters. The summed E-state index contributed by atoms with van der Waals surface area (Å²) in [5, 5.41) is 0. The van der Waals surface area contributed by atoms with Crippen LogP contribution in [0, 0.1) is 5.92 Å². The van der Waals surface area contributed by atoms with Gasteiger partial charge in [0, 0.05) is 13.1 Å². The predicted octanol–water partition coefficient (Wildman–Crippen LogP) is 3.19. The fraction of sp³-hybridized carbons (Fsp3) is 0.529. The zero-order valence-electron chi connectivity index (χ0n) is 13.2. The predicted molar refractivity (Wildman–Crippen MR) is 87.9 cm³/mol. The Morgan fingerprint density at radius 1 is 1.40 bits per heavy atom. The van der Waals surface area contributed by atoms with Crippen LogP contribution in [-0.4, -0.2) is 13.1 Å². The van der Waals surface area contributed by atoms with Crippen LogP contribution in [0.3, 0.4) is 0 Å². The van der Waals surface area contributed by atoms with Gasteiger partial charge in [0.05, 0.1) is 5.70 Å². The van der Waals surface area contributed by atoms with Gasteiger partial charge >= 0.3 is 0 Å². The van der Waals surface area contributed by atoms with Gasteiger partial charge < -0.3 is 11.2 Å². The van der Waals surface area contributed by atoms with E-state index in [4.69, 9.17) is 5.73 Å². The van der Waals surface area contributed by atoms with E-state index in [1.165, 1.54) is 16.8 Å². The molecule has 1 aliphatic carbocycles. The van der Waals surface area contributed by atoms with Gasteiger partial charge in [0.2, 0.25) is 0 Å². The van der Waals surface area contributed by atoms with Crippen molar-refractivity contribution >= 4 is 0 Å². The molecule has 0 aliphatic heterocycles. The first kappa shape index (κ1) is 16.7. The second-order valence-corrected chi connectivity index (χ2v) is 5.42.